The monoisotopic (exact) mass is 239 g/mol. The maximum Gasteiger partial charge on any atom is 0.140 e. The van der Waals surface area contributed by atoms with Gasteiger partial charge in [-0.25, -0.2) is 0 Å². The summed E-state index contributed by atoms with van der Waals surface area (Å²) in [6.45, 7) is 16.5. The van der Waals surface area contributed by atoms with E-state index >= 15 is 0 Å². The Morgan fingerprint density at radius 2 is 1.53 bits per heavy atom. The molecule has 0 unspecified atom stereocenters. The molecule has 0 radical (unpaired) electrons. The molecule has 0 saturated heterocycles. The molecule has 2 heteroatoms. The van der Waals surface area contributed by atoms with Gasteiger partial charge in [-0.05, 0) is 18.6 Å². The standard InChI is InChI=1S/C11H17NO.2C2H6/c1-8-6-10(11(2,3)4)12-7-9(8)13-5;2*1-2/h6-7H,1-5H3;2*1-2H3. The average Bonchev–Trinajstić information content (AvgIpc) is 2.33. The summed E-state index contributed by atoms with van der Waals surface area (Å²) >= 11 is 0. The lowest BCUT2D eigenvalue weighted by atomic mass is 9.91. The van der Waals surface area contributed by atoms with Gasteiger partial charge in [-0.1, -0.05) is 48.5 Å². The first kappa shape index (κ1) is 18.3. The topological polar surface area (TPSA) is 22.1 Å². The summed E-state index contributed by atoms with van der Waals surface area (Å²) in [4.78, 5) is 4.36. The number of hydrogen-bond donors (Lipinski definition) is 0. The first-order chi connectivity index (χ1) is 7.95. The number of ether oxygens (including phenoxy) is 1. The van der Waals surface area contributed by atoms with Gasteiger partial charge >= 0.3 is 0 Å². The Balaban J connectivity index is 0. The summed E-state index contributed by atoms with van der Waals surface area (Å²) in [5.41, 5.74) is 2.35. The van der Waals surface area contributed by atoms with Crippen LogP contribution in [0.1, 0.15) is 59.7 Å². The van der Waals surface area contributed by atoms with Crippen molar-refractivity contribution < 1.29 is 4.74 Å². The van der Waals surface area contributed by atoms with Crippen LogP contribution in [0.4, 0.5) is 0 Å². The summed E-state index contributed by atoms with van der Waals surface area (Å²) < 4.78 is 5.15. The predicted octanol–water partition coefficient (Wildman–Crippen LogP) is 4.75. The van der Waals surface area contributed by atoms with Gasteiger partial charge < -0.3 is 4.74 Å². The van der Waals surface area contributed by atoms with Crippen molar-refractivity contribution >= 4 is 0 Å². The normalized spacial score (nSPS) is 9.47. The van der Waals surface area contributed by atoms with E-state index in [9.17, 15) is 0 Å². The lowest BCUT2D eigenvalue weighted by Gasteiger charge is -2.18. The fourth-order valence-electron chi connectivity index (χ4n) is 1.17. The van der Waals surface area contributed by atoms with Crippen molar-refractivity contribution in [2.24, 2.45) is 0 Å². The van der Waals surface area contributed by atoms with E-state index in [1.54, 1.807) is 13.3 Å². The molecule has 0 aliphatic rings. The molecular formula is C15H29NO. The molecule has 0 spiro atoms. The molecule has 1 aromatic rings. The molecule has 0 aromatic carbocycles. The van der Waals surface area contributed by atoms with E-state index in [1.807, 2.05) is 34.6 Å². The van der Waals surface area contributed by atoms with Crippen molar-refractivity contribution in [1.29, 1.82) is 0 Å². The highest BCUT2D eigenvalue weighted by Gasteiger charge is 2.16. The molecule has 100 valence electrons. The SMILES string of the molecule is CC.CC.COc1cnc(C(C)(C)C)cc1C. The molecule has 0 aliphatic heterocycles. The molecule has 1 aromatic heterocycles. The Labute approximate surface area is 107 Å². The minimum absolute atomic E-state index is 0.108. The van der Waals surface area contributed by atoms with Crippen LogP contribution in [0.3, 0.4) is 0 Å². The van der Waals surface area contributed by atoms with E-state index in [0.29, 0.717) is 0 Å². The van der Waals surface area contributed by atoms with E-state index in [0.717, 1.165) is 17.0 Å². The fourth-order valence-corrected chi connectivity index (χ4v) is 1.17. The minimum atomic E-state index is 0.108. The van der Waals surface area contributed by atoms with E-state index in [-0.39, 0.29) is 5.41 Å². The summed E-state index contributed by atoms with van der Waals surface area (Å²) in [5.74, 6) is 0.855. The zero-order valence-corrected chi connectivity index (χ0v) is 13.0. The average molecular weight is 239 g/mol. The minimum Gasteiger partial charge on any atom is -0.495 e. The zero-order valence-electron chi connectivity index (χ0n) is 13.0. The molecule has 2 nitrogen and oxygen atoms in total. The number of rotatable bonds is 1. The second kappa shape index (κ2) is 9.03. The Hall–Kier alpha value is -1.05. The van der Waals surface area contributed by atoms with Crippen LogP contribution in [0.5, 0.6) is 5.75 Å². The lowest BCUT2D eigenvalue weighted by Crippen LogP contribution is -2.13. The molecule has 0 N–H and O–H groups in total. The first-order valence-corrected chi connectivity index (χ1v) is 6.46. The summed E-state index contributed by atoms with van der Waals surface area (Å²) in [7, 11) is 1.67. The second-order valence-corrected chi connectivity index (χ2v) is 4.29. The van der Waals surface area contributed by atoms with Gasteiger partial charge in [0.25, 0.3) is 0 Å². The summed E-state index contributed by atoms with van der Waals surface area (Å²) in [6.07, 6.45) is 1.79. The molecule has 1 rings (SSSR count). The van der Waals surface area contributed by atoms with Gasteiger partial charge in [0.15, 0.2) is 0 Å². The maximum atomic E-state index is 5.15. The van der Waals surface area contributed by atoms with Crippen LogP contribution >= 0.6 is 0 Å². The zero-order chi connectivity index (χ0) is 14.1. The molecule has 1 heterocycles. The van der Waals surface area contributed by atoms with E-state index in [4.69, 9.17) is 4.74 Å². The van der Waals surface area contributed by atoms with Crippen molar-refractivity contribution in [2.45, 2.75) is 60.8 Å². The van der Waals surface area contributed by atoms with Crippen molar-refractivity contribution in [1.82, 2.24) is 4.98 Å². The van der Waals surface area contributed by atoms with Crippen LogP contribution < -0.4 is 4.74 Å². The smallest absolute Gasteiger partial charge is 0.140 e. The van der Waals surface area contributed by atoms with Crippen LogP contribution in [-0.4, -0.2) is 12.1 Å². The highest BCUT2D eigenvalue weighted by Crippen LogP contribution is 2.24. The Morgan fingerprint density at radius 3 is 1.82 bits per heavy atom. The third-order valence-corrected chi connectivity index (χ3v) is 2.05. The number of hydrogen-bond acceptors (Lipinski definition) is 2. The fraction of sp³-hybridized carbons (Fsp3) is 0.667. The molecular weight excluding hydrogens is 210 g/mol. The van der Waals surface area contributed by atoms with Crippen LogP contribution in [0.2, 0.25) is 0 Å². The van der Waals surface area contributed by atoms with Crippen LogP contribution in [-0.2, 0) is 5.41 Å². The predicted molar refractivity (Wildman–Crippen MR) is 76.9 cm³/mol. The second-order valence-electron chi connectivity index (χ2n) is 4.29. The Bertz CT molecular complexity index is 300. The van der Waals surface area contributed by atoms with Gasteiger partial charge in [0.1, 0.15) is 5.75 Å². The number of nitrogens with zero attached hydrogens (tertiary/aromatic N) is 1. The van der Waals surface area contributed by atoms with E-state index in [2.05, 4.69) is 31.8 Å². The molecule has 0 aliphatic carbocycles. The van der Waals surface area contributed by atoms with Crippen molar-refractivity contribution in [3.8, 4) is 5.75 Å². The highest BCUT2D eigenvalue weighted by molar-refractivity contribution is 5.32. The molecule has 0 saturated carbocycles. The molecule has 17 heavy (non-hydrogen) atoms. The van der Waals surface area contributed by atoms with Crippen LogP contribution in [0, 0.1) is 6.92 Å². The summed E-state index contributed by atoms with van der Waals surface area (Å²) in [5, 5.41) is 0. The number of pyridine rings is 1. The Kier molecular flexibility index (Phi) is 9.73. The number of aryl methyl sites for hydroxylation is 1. The van der Waals surface area contributed by atoms with E-state index < -0.39 is 0 Å². The van der Waals surface area contributed by atoms with E-state index in [1.165, 1.54) is 0 Å². The van der Waals surface area contributed by atoms with Gasteiger partial charge in [-0.15, -0.1) is 0 Å². The van der Waals surface area contributed by atoms with Gasteiger partial charge in [-0.3, -0.25) is 4.98 Å². The van der Waals surface area contributed by atoms with Gasteiger partial charge in [0.05, 0.1) is 13.3 Å². The van der Waals surface area contributed by atoms with Gasteiger partial charge in [0, 0.05) is 11.1 Å². The number of methoxy groups -OCH3 is 1. The first-order valence-electron chi connectivity index (χ1n) is 6.46. The molecule has 0 bridgehead atoms. The lowest BCUT2D eigenvalue weighted by molar-refractivity contribution is 0.408. The van der Waals surface area contributed by atoms with Crippen molar-refractivity contribution in [3.63, 3.8) is 0 Å². The van der Waals surface area contributed by atoms with Gasteiger partial charge in [-0.2, -0.15) is 0 Å². The molecule has 0 amide bonds. The van der Waals surface area contributed by atoms with Crippen LogP contribution in [0.15, 0.2) is 12.3 Å². The maximum absolute atomic E-state index is 5.15. The number of aromatic nitrogens is 1. The molecule has 0 atom stereocenters. The van der Waals surface area contributed by atoms with Crippen LogP contribution in [0.25, 0.3) is 0 Å². The quantitative estimate of drug-likeness (QED) is 0.705. The Morgan fingerprint density at radius 1 is 1.06 bits per heavy atom. The third kappa shape index (κ3) is 6.30. The molecule has 0 fully saturated rings. The highest BCUT2D eigenvalue weighted by atomic mass is 16.5. The van der Waals surface area contributed by atoms with Crippen molar-refractivity contribution in [3.05, 3.63) is 23.5 Å². The largest absolute Gasteiger partial charge is 0.495 e. The summed E-state index contributed by atoms with van der Waals surface area (Å²) in [6, 6.07) is 2.08. The van der Waals surface area contributed by atoms with Gasteiger partial charge in [0.2, 0.25) is 0 Å². The van der Waals surface area contributed by atoms with Crippen molar-refractivity contribution in [2.75, 3.05) is 7.11 Å². The third-order valence-electron chi connectivity index (χ3n) is 2.05.